The molecule has 0 unspecified atom stereocenters. The summed E-state index contributed by atoms with van der Waals surface area (Å²) in [5.41, 5.74) is 1.10. The van der Waals surface area contributed by atoms with Crippen molar-refractivity contribution in [2.24, 2.45) is 10.9 Å². The van der Waals surface area contributed by atoms with Gasteiger partial charge in [0.25, 0.3) is 0 Å². The second-order valence-corrected chi connectivity index (χ2v) is 7.58. The Balaban J connectivity index is 1.77. The minimum absolute atomic E-state index is 0.294. The standard InChI is InChI=1S/C22H38N4O3/c1-4-23-22(25-11-5-13-28-15-14-27-3)26-17-19-10-12-24-21(16-19)29-20-8-6-18(2)7-9-20/h10,12,16,18,20H,4-9,11,13-15,17H2,1-3H3,(H2,23,25,26). The summed E-state index contributed by atoms with van der Waals surface area (Å²) >= 11 is 0. The lowest BCUT2D eigenvalue weighted by molar-refractivity contribution is 0.0698. The fraction of sp³-hybridized carbons (Fsp3) is 0.727. The molecule has 29 heavy (non-hydrogen) atoms. The van der Waals surface area contributed by atoms with Gasteiger partial charge in [-0.25, -0.2) is 9.98 Å². The minimum Gasteiger partial charge on any atom is -0.474 e. The molecule has 164 valence electrons. The highest BCUT2D eigenvalue weighted by atomic mass is 16.5. The fourth-order valence-electron chi connectivity index (χ4n) is 3.27. The molecule has 7 heteroatoms. The number of nitrogens with zero attached hydrogens (tertiary/aromatic N) is 2. The van der Waals surface area contributed by atoms with Crippen molar-refractivity contribution in [1.82, 2.24) is 15.6 Å². The molecule has 1 fully saturated rings. The highest BCUT2D eigenvalue weighted by Gasteiger charge is 2.19. The Kier molecular flexibility index (Phi) is 11.4. The van der Waals surface area contributed by atoms with Gasteiger partial charge in [0.05, 0.1) is 19.8 Å². The van der Waals surface area contributed by atoms with Crippen LogP contribution in [0.4, 0.5) is 0 Å². The molecular formula is C22H38N4O3. The topological polar surface area (TPSA) is 77.0 Å². The number of aliphatic imine (C=N–C) groups is 1. The van der Waals surface area contributed by atoms with E-state index >= 15 is 0 Å². The average molecular weight is 407 g/mol. The Hall–Kier alpha value is -1.86. The molecule has 0 atom stereocenters. The lowest BCUT2D eigenvalue weighted by atomic mass is 9.89. The van der Waals surface area contributed by atoms with E-state index in [4.69, 9.17) is 14.2 Å². The lowest BCUT2D eigenvalue weighted by Crippen LogP contribution is -2.38. The summed E-state index contributed by atoms with van der Waals surface area (Å²) in [7, 11) is 1.68. The molecule has 7 nitrogen and oxygen atoms in total. The third-order valence-electron chi connectivity index (χ3n) is 5.00. The van der Waals surface area contributed by atoms with Crippen LogP contribution in [0.25, 0.3) is 0 Å². The van der Waals surface area contributed by atoms with Gasteiger partial charge in [-0.15, -0.1) is 0 Å². The summed E-state index contributed by atoms with van der Waals surface area (Å²) in [5, 5.41) is 6.63. The summed E-state index contributed by atoms with van der Waals surface area (Å²) in [6, 6.07) is 4.00. The Labute approximate surface area is 175 Å². The zero-order chi connectivity index (χ0) is 20.7. The van der Waals surface area contributed by atoms with E-state index in [9.17, 15) is 0 Å². The molecular weight excluding hydrogens is 368 g/mol. The number of nitrogens with one attached hydrogen (secondary N) is 2. The minimum atomic E-state index is 0.294. The van der Waals surface area contributed by atoms with Crippen molar-refractivity contribution in [3.05, 3.63) is 23.9 Å². The Morgan fingerprint density at radius 2 is 2.00 bits per heavy atom. The predicted octanol–water partition coefficient (Wildman–Crippen LogP) is 3.15. The predicted molar refractivity (Wildman–Crippen MR) is 116 cm³/mol. The maximum absolute atomic E-state index is 6.10. The molecule has 0 radical (unpaired) electrons. The van der Waals surface area contributed by atoms with Crippen LogP contribution in [0.15, 0.2) is 23.3 Å². The molecule has 1 aromatic heterocycles. The first-order chi connectivity index (χ1) is 14.2. The zero-order valence-corrected chi connectivity index (χ0v) is 18.3. The highest BCUT2D eigenvalue weighted by molar-refractivity contribution is 5.79. The van der Waals surface area contributed by atoms with Crippen LogP contribution in [0.2, 0.25) is 0 Å². The molecule has 0 amide bonds. The normalized spacial score (nSPS) is 19.8. The van der Waals surface area contributed by atoms with E-state index in [1.165, 1.54) is 12.8 Å². The van der Waals surface area contributed by atoms with E-state index in [0.717, 1.165) is 49.8 Å². The first kappa shape index (κ1) is 23.4. The van der Waals surface area contributed by atoms with Crippen molar-refractivity contribution in [1.29, 1.82) is 0 Å². The van der Waals surface area contributed by atoms with Crippen molar-refractivity contribution < 1.29 is 14.2 Å². The molecule has 2 rings (SSSR count). The third-order valence-corrected chi connectivity index (χ3v) is 5.00. The summed E-state index contributed by atoms with van der Waals surface area (Å²) in [5.74, 6) is 2.34. The second kappa shape index (κ2) is 14.2. The zero-order valence-electron chi connectivity index (χ0n) is 18.3. The van der Waals surface area contributed by atoms with Crippen LogP contribution in [-0.2, 0) is 16.0 Å². The third kappa shape index (κ3) is 9.94. The molecule has 0 bridgehead atoms. The molecule has 1 aliphatic rings. The second-order valence-electron chi connectivity index (χ2n) is 7.58. The summed E-state index contributed by atoms with van der Waals surface area (Å²) < 4.78 is 16.5. The van der Waals surface area contributed by atoms with Crippen molar-refractivity contribution in [2.45, 2.75) is 58.6 Å². The van der Waals surface area contributed by atoms with Gasteiger partial charge in [0.15, 0.2) is 5.96 Å². The Bertz CT molecular complexity index is 589. The Morgan fingerprint density at radius 3 is 2.76 bits per heavy atom. The molecule has 0 spiro atoms. The van der Waals surface area contributed by atoms with Gasteiger partial charge in [-0.1, -0.05) is 6.92 Å². The largest absolute Gasteiger partial charge is 0.474 e. The molecule has 1 aliphatic carbocycles. The maximum Gasteiger partial charge on any atom is 0.213 e. The Morgan fingerprint density at radius 1 is 1.17 bits per heavy atom. The van der Waals surface area contributed by atoms with E-state index < -0.39 is 0 Å². The number of aromatic nitrogens is 1. The number of hydrogen-bond acceptors (Lipinski definition) is 5. The number of hydrogen-bond donors (Lipinski definition) is 2. The fourth-order valence-corrected chi connectivity index (χ4v) is 3.27. The van der Waals surface area contributed by atoms with Gasteiger partial charge in [0.1, 0.15) is 6.10 Å². The highest BCUT2D eigenvalue weighted by Crippen LogP contribution is 2.26. The molecule has 2 N–H and O–H groups in total. The van der Waals surface area contributed by atoms with Crippen LogP contribution < -0.4 is 15.4 Å². The van der Waals surface area contributed by atoms with Crippen LogP contribution in [0.5, 0.6) is 5.88 Å². The van der Waals surface area contributed by atoms with Crippen molar-refractivity contribution in [2.75, 3.05) is 40.0 Å². The van der Waals surface area contributed by atoms with Crippen LogP contribution >= 0.6 is 0 Å². The average Bonchev–Trinajstić information content (AvgIpc) is 2.73. The SMILES string of the molecule is CCNC(=NCc1ccnc(OC2CCC(C)CC2)c1)NCCCOCCOC. The van der Waals surface area contributed by atoms with Gasteiger partial charge in [-0.2, -0.15) is 0 Å². The van der Waals surface area contributed by atoms with Crippen molar-refractivity contribution in [3.63, 3.8) is 0 Å². The number of rotatable bonds is 12. The number of ether oxygens (including phenoxy) is 3. The summed E-state index contributed by atoms with van der Waals surface area (Å²) in [6.45, 7) is 8.57. The van der Waals surface area contributed by atoms with E-state index in [0.29, 0.717) is 38.3 Å². The van der Waals surface area contributed by atoms with Crippen molar-refractivity contribution >= 4 is 5.96 Å². The summed E-state index contributed by atoms with van der Waals surface area (Å²) in [4.78, 5) is 9.06. The van der Waals surface area contributed by atoms with E-state index in [1.807, 2.05) is 18.3 Å². The molecule has 1 heterocycles. The van der Waals surface area contributed by atoms with Gasteiger partial charge < -0.3 is 24.8 Å². The molecule has 0 aliphatic heterocycles. The molecule has 0 saturated heterocycles. The molecule has 0 aromatic carbocycles. The van der Waals surface area contributed by atoms with Gasteiger partial charge in [0, 0.05) is 39.1 Å². The van der Waals surface area contributed by atoms with Crippen molar-refractivity contribution in [3.8, 4) is 5.88 Å². The summed E-state index contributed by atoms with van der Waals surface area (Å²) in [6.07, 6.45) is 7.74. The van der Waals surface area contributed by atoms with Crippen LogP contribution in [0, 0.1) is 5.92 Å². The number of pyridine rings is 1. The van der Waals surface area contributed by atoms with Gasteiger partial charge in [-0.05, 0) is 56.6 Å². The van der Waals surface area contributed by atoms with Gasteiger partial charge in [0.2, 0.25) is 5.88 Å². The van der Waals surface area contributed by atoms with E-state index in [1.54, 1.807) is 7.11 Å². The molecule has 1 aromatic rings. The number of guanidine groups is 1. The first-order valence-corrected chi connectivity index (χ1v) is 10.9. The van der Waals surface area contributed by atoms with Crippen LogP contribution in [-0.4, -0.2) is 57.1 Å². The van der Waals surface area contributed by atoms with Crippen LogP contribution in [0.1, 0.15) is 51.5 Å². The monoisotopic (exact) mass is 406 g/mol. The van der Waals surface area contributed by atoms with Crippen LogP contribution in [0.3, 0.4) is 0 Å². The molecule has 1 saturated carbocycles. The van der Waals surface area contributed by atoms with E-state index in [-0.39, 0.29) is 0 Å². The maximum atomic E-state index is 6.10. The van der Waals surface area contributed by atoms with Gasteiger partial charge in [-0.3, -0.25) is 0 Å². The number of methoxy groups -OCH3 is 1. The quantitative estimate of drug-likeness (QED) is 0.315. The smallest absolute Gasteiger partial charge is 0.213 e. The van der Waals surface area contributed by atoms with E-state index in [2.05, 4.69) is 34.5 Å². The first-order valence-electron chi connectivity index (χ1n) is 10.9. The lowest BCUT2D eigenvalue weighted by Gasteiger charge is -2.26. The van der Waals surface area contributed by atoms with Gasteiger partial charge >= 0.3 is 0 Å².